The Morgan fingerprint density at radius 2 is 1.82 bits per heavy atom. The van der Waals surface area contributed by atoms with Crippen molar-refractivity contribution in [1.29, 1.82) is 0 Å². The van der Waals surface area contributed by atoms with Crippen LogP contribution in [0, 0.1) is 11.8 Å². The van der Waals surface area contributed by atoms with Gasteiger partial charge in [-0.3, -0.25) is 10.3 Å². The number of benzene rings is 2. The molecule has 3 aliphatic rings. The Morgan fingerprint density at radius 1 is 1.08 bits per heavy atom. The molecule has 2 N–H and O–H groups in total. The molecule has 2 heterocycles. The first kappa shape index (κ1) is 27.3. The van der Waals surface area contributed by atoms with E-state index in [0.29, 0.717) is 12.1 Å². The second-order valence-electron chi connectivity index (χ2n) is 10.6. The quantitative estimate of drug-likeness (QED) is 0.259. The highest BCUT2D eigenvalue weighted by molar-refractivity contribution is 5.80. The minimum absolute atomic E-state index is 0.0931. The summed E-state index contributed by atoms with van der Waals surface area (Å²) < 4.78 is 37.6. The number of hydrogen-bond donors (Lipinski definition) is 2. The second-order valence-corrected chi connectivity index (χ2v) is 10.6. The Hall–Kier alpha value is -3.23. The number of ether oxygens (including phenoxy) is 2. The molecule has 0 radical (unpaired) electrons. The van der Waals surface area contributed by atoms with Crippen LogP contribution in [0.2, 0.25) is 0 Å². The Labute approximate surface area is 229 Å². The first-order valence-electron chi connectivity index (χ1n) is 13.8. The Balaban J connectivity index is 1.11. The maximum atomic E-state index is 12.8. The molecule has 2 fully saturated rings. The SMILES string of the molecule is C=CC(NC(O)C1=CC(CC(F)F)CN=C1)c1ccc(OC2CCN(c3ccc(OCC4CC4)cc3)C2)cc1. The van der Waals surface area contributed by atoms with Crippen molar-refractivity contribution in [3.05, 3.63) is 78.4 Å². The van der Waals surface area contributed by atoms with Crippen LogP contribution in [0.1, 0.15) is 37.3 Å². The zero-order chi connectivity index (χ0) is 27.2. The van der Waals surface area contributed by atoms with Gasteiger partial charge in [0.1, 0.15) is 23.8 Å². The molecule has 5 rings (SSSR count). The molecule has 2 aromatic carbocycles. The summed E-state index contributed by atoms with van der Waals surface area (Å²) in [6.07, 6.45) is 4.81. The molecule has 0 spiro atoms. The van der Waals surface area contributed by atoms with E-state index in [1.807, 2.05) is 36.4 Å². The van der Waals surface area contributed by atoms with E-state index in [1.54, 1.807) is 18.4 Å². The fourth-order valence-electron chi connectivity index (χ4n) is 5.02. The van der Waals surface area contributed by atoms with E-state index in [2.05, 4.69) is 33.9 Å². The van der Waals surface area contributed by atoms with Crippen molar-refractivity contribution in [3.63, 3.8) is 0 Å². The predicted octanol–water partition coefficient (Wildman–Crippen LogP) is 5.55. The molecule has 1 saturated carbocycles. The van der Waals surface area contributed by atoms with E-state index in [-0.39, 0.29) is 24.5 Å². The highest BCUT2D eigenvalue weighted by Crippen LogP contribution is 2.31. The fourth-order valence-corrected chi connectivity index (χ4v) is 5.02. The van der Waals surface area contributed by atoms with Gasteiger partial charge in [-0.05, 0) is 60.7 Å². The molecule has 208 valence electrons. The van der Waals surface area contributed by atoms with Gasteiger partial charge in [0.15, 0.2) is 0 Å². The van der Waals surface area contributed by atoms with Crippen LogP contribution in [0.25, 0.3) is 0 Å². The zero-order valence-electron chi connectivity index (χ0n) is 22.1. The number of anilines is 1. The van der Waals surface area contributed by atoms with E-state index >= 15 is 0 Å². The van der Waals surface area contributed by atoms with Crippen molar-refractivity contribution in [2.24, 2.45) is 16.8 Å². The first-order chi connectivity index (χ1) is 19.0. The molecule has 6 nitrogen and oxygen atoms in total. The van der Waals surface area contributed by atoms with E-state index in [4.69, 9.17) is 9.47 Å². The summed E-state index contributed by atoms with van der Waals surface area (Å²) in [7, 11) is 0. The van der Waals surface area contributed by atoms with Gasteiger partial charge in [0.25, 0.3) is 0 Å². The molecular weight excluding hydrogens is 500 g/mol. The number of rotatable bonds is 13. The highest BCUT2D eigenvalue weighted by Gasteiger charge is 2.25. The summed E-state index contributed by atoms with van der Waals surface area (Å²) in [6.45, 7) is 6.77. The summed E-state index contributed by atoms with van der Waals surface area (Å²) in [4.78, 5) is 6.48. The molecule has 0 amide bonds. The van der Waals surface area contributed by atoms with Crippen molar-refractivity contribution in [3.8, 4) is 11.5 Å². The average molecular weight is 538 g/mol. The molecule has 0 aromatic heterocycles. The number of halogens is 2. The topological polar surface area (TPSA) is 66.3 Å². The summed E-state index contributed by atoms with van der Waals surface area (Å²) >= 11 is 0. The lowest BCUT2D eigenvalue weighted by Gasteiger charge is -2.24. The normalized spacial score (nSPS) is 22.5. The Kier molecular flexibility index (Phi) is 8.94. The van der Waals surface area contributed by atoms with Crippen LogP contribution in [-0.2, 0) is 0 Å². The van der Waals surface area contributed by atoms with Crippen molar-refractivity contribution in [2.45, 2.75) is 50.5 Å². The number of nitrogens with zero attached hydrogens (tertiary/aromatic N) is 2. The van der Waals surface area contributed by atoms with E-state index in [1.165, 1.54) is 18.5 Å². The van der Waals surface area contributed by atoms with Crippen molar-refractivity contribution in [1.82, 2.24) is 5.32 Å². The molecule has 4 unspecified atom stereocenters. The maximum Gasteiger partial charge on any atom is 0.239 e. The smallest absolute Gasteiger partial charge is 0.239 e. The second kappa shape index (κ2) is 12.7. The van der Waals surface area contributed by atoms with Gasteiger partial charge in [0.05, 0.1) is 19.2 Å². The van der Waals surface area contributed by atoms with Gasteiger partial charge < -0.3 is 19.5 Å². The first-order valence-corrected chi connectivity index (χ1v) is 13.8. The summed E-state index contributed by atoms with van der Waals surface area (Å²) in [6, 6.07) is 15.7. The maximum absolute atomic E-state index is 12.8. The lowest BCUT2D eigenvalue weighted by atomic mass is 9.98. The van der Waals surface area contributed by atoms with E-state index in [9.17, 15) is 13.9 Å². The van der Waals surface area contributed by atoms with Gasteiger partial charge in [-0.25, -0.2) is 8.78 Å². The lowest BCUT2D eigenvalue weighted by molar-refractivity contribution is 0.123. The third-order valence-corrected chi connectivity index (χ3v) is 7.45. The third-order valence-electron chi connectivity index (χ3n) is 7.45. The molecule has 2 aliphatic heterocycles. The van der Waals surface area contributed by atoms with Crippen LogP contribution < -0.4 is 19.7 Å². The van der Waals surface area contributed by atoms with Gasteiger partial charge in [-0.2, -0.15) is 0 Å². The molecule has 8 heteroatoms. The Morgan fingerprint density at radius 3 is 2.51 bits per heavy atom. The molecule has 4 atom stereocenters. The number of aliphatic hydroxyl groups excluding tert-OH is 1. The highest BCUT2D eigenvalue weighted by atomic mass is 19.3. The fraction of sp³-hybridized carbons (Fsp3) is 0.452. The van der Waals surface area contributed by atoms with Crippen LogP contribution in [-0.4, -0.2) is 56.3 Å². The molecule has 39 heavy (non-hydrogen) atoms. The minimum Gasteiger partial charge on any atom is -0.493 e. The number of aliphatic imine (C=N–C) groups is 1. The molecular formula is C31H37F2N3O3. The standard InChI is InChI=1S/C31H37F2N3O3/c1-2-29(35-31(37)24-15-22(16-30(32)33)17-34-18-24)23-5-9-27(10-6-23)39-28-13-14-36(19-28)25-7-11-26(12-8-25)38-20-21-3-4-21/h2,5-12,15,18,21-22,28-31,35,37H,1,3-4,13-14,16-17,19-20H2. The summed E-state index contributed by atoms with van der Waals surface area (Å²) in [5.41, 5.74) is 2.57. The van der Waals surface area contributed by atoms with Gasteiger partial charge in [0, 0.05) is 49.3 Å². The minimum atomic E-state index is -2.40. The number of alkyl halides is 2. The predicted molar refractivity (Wildman–Crippen MR) is 150 cm³/mol. The molecule has 0 bridgehead atoms. The van der Waals surface area contributed by atoms with E-state index in [0.717, 1.165) is 49.1 Å². The van der Waals surface area contributed by atoms with Gasteiger partial charge in [-0.15, -0.1) is 6.58 Å². The van der Waals surface area contributed by atoms with Crippen LogP contribution in [0.5, 0.6) is 11.5 Å². The van der Waals surface area contributed by atoms with E-state index < -0.39 is 12.7 Å². The van der Waals surface area contributed by atoms with Gasteiger partial charge in [-0.1, -0.05) is 24.3 Å². The van der Waals surface area contributed by atoms with Crippen LogP contribution in [0.3, 0.4) is 0 Å². The van der Waals surface area contributed by atoms with Crippen molar-refractivity contribution in [2.75, 3.05) is 31.1 Å². The average Bonchev–Trinajstić information content (AvgIpc) is 3.67. The largest absolute Gasteiger partial charge is 0.493 e. The number of hydrogen-bond acceptors (Lipinski definition) is 6. The van der Waals surface area contributed by atoms with Crippen LogP contribution >= 0.6 is 0 Å². The lowest BCUT2D eigenvalue weighted by Crippen LogP contribution is -2.35. The van der Waals surface area contributed by atoms with Gasteiger partial charge in [0.2, 0.25) is 6.43 Å². The molecule has 1 aliphatic carbocycles. The summed E-state index contributed by atoms with van der Waals surface area (Å²) in [5.74, 6) is 2.08. The van der Waals surface area contributed by atoms with Crippen molar-refractivity contribution >= 4 is 11.9 Å². The molecule has 2 aromatic rings. The van der Waals surface area contributed by atoms with Crippen molar-refractivity contribution < 1.29 is 23.4 Å². The molecule has 1 saturated heterocycles. The number of nitrogens with one attached hydrogen (secondary N) is 1. The summed E-state index contributed by atoms with van der Waals surface area (Å²) in [5, 5.41) is 13.8. The van der Waals surface area contributed by atoms with Crippen LogP contribution in [0.4, 0.5) is 14.5 Å². The zero-order valence-corrected chi connectivity index (χ0v) is 22.1. The number of aliphatic hydroxyl groups is 1. The van der Waals surface area contributed by atoms with Crippen LogP contribution in [0.15, 0.2) is 77.8 Å². The Bertz CT molecular complexity index is 1150. The number of dihydropyridines is 1. The monoisotopic (exact) mass is 537 g/mol. The third kappa shape index (κ3) is 7.67. The van der Waals surface area contributed by atoms with Gasteiger partial charge >= 0.3 is 0 Å².